The molecule has 0 spiro atoms. The van der Waals surface area contributed by atoms with Crippen molar-refractivity contribution in [3.8, 4) is 11.5 Å². The average molecular weight is 1130 g/mol. The molecule has 0 aliphatic rings. The van der Waals surface area contributed by atoms with Gasteiger partial charge in [0, 0.05) is 6.07 Å². The monoisotopic (exact) mass is 1130 g/mol. The van der Waals surface area contributed by atoms with Crippen LogP contribution >= 0.6 is 0 Å². The van der Waals surface area contributed by atoms with Crippen LogP contribution in [-0.4, -0.2) is 120 Å². The molecule has 1 aromatic rings. The molecule has 0 atom stereocenters. The molecule has 0 heterocycles. The van der Waals surface area contributed by atoms with Crippen molar-refractivity contribution in [2.75, 3.05) is 0 Å². The van der Waals surface area contributed by atoms with Gasteiger partial charge in [-0.2, -0.15) is 175 Å². The van der Waals surface area contributed by atoms with Gasteiger partial charge in [0.2, 0.25) is 0 Å². The number of benzene rings is 1. The Hall–Kier alpha value is -3.93. The van der Waals surface area contributed by atoms with Gasteiger partial charge in [0.15, 0.2) is 0 Å². The molecule has 44 heteroatoms. The Morgan fingerprint density at radius 1 is 0.309 bits per heavy atom. The predicted octanol–water partition coefficient (Wildman–Crippen LogP) is 12.9. The maximum atomic E-state index is 14.3. The average Bonchev–Trinajstić information content (AvgIpc) is 3.09. The van der Waals surface area contributed by atoms with E-state index in [-0.39, 0.29) is 0 Å². The standard InChI is InChI=1S/C24H4F38O5S/c25-7(26,9(29,30)13(37,38)17(45,46)21(53,54)55)11(33,34)15(41,42)19(49,50)23(59,60)66-4-1-2-5(6(3-4)68(63,64)65)67-24(61,62)20(51,52)16(43,44)12(35,36)8(27,28)10(31,32)14(39,40)18(47,48)22(56,57)58/h1-3H,(H,63,64,65). The van der Waals surface area contributed by atoms with Gasteiger partial charge in [0.1, 0.15) is 16.4 Å². The van der Waals surface area contributed by atoms with Gasteiger partial charge >= 0.3 is 107 Å². The summed E-state index contributed by atoms with van der Waals surface area (Å²) in [5, 5.41) is 0. The molecule has 1 N–H and O–H groups in total. The number of rotatable bonds is 19. The Bertz CT molecular complexity index is 2130. The summed E-state index contributed by atoms with van der Waals surface area (Å²) in [4.78, 5) is -3.48. The van der Waals surface area contributed by atoms with Crippen LogP contribution in [0.3, 0.4) is 0 Å². The maximum Gasteiger partial charge on any atom is 0.471 e. The fraction of sp³-hybridized carbons (Fsp3) is 0.750. The van der Waals surface area contributed by atoms with Crippen molar-refractivity contribution in [3.63, 3.8) is 0 Å². The highest BCUT2D eigenvalue weighted by Crippen LogP contribution is 2.67. The Morgan fingerprint density at radius 2 is 0.515 bits per heavy atom. The highest BCUT2D eigenvalue weighted by molar-refractivity contribution is 7.86. The van der Waals surface area contributed by atoms with Gasteiger partial charge in [-0.25, -0.2) is 0 Å². The fourth-order valence-corrected chi connectivity index (χ4v) is 4.57. The number of alkyl halides is 38. The Morgan fingerprint density at radius 3 is 0.735 bits per heavy atom. The van der Waals surface area contributed by atoms with E-state index in [9.17, 15) is 175 Å². The summed E-state index contributed by atoms with van der Waals surface area (Å²) in [7, 11) is -7.22. The normalized spacial score (nSPS) is 16.6. The van der Waals surface area contributed by atoms with Crippen molar-refractivity contribution < 1.29 is 189 Å². The molecule has 0 radical (unpaired) electrons. The summed E-state index contributed by atoms with van der Waals surface area (Å²) in [6, 6.07) is -4.63. The van der Waals surface area contributed by atoms with E-state index in [2.05, 4.69) is 9.47 Å². The van der Waals surface area contributed by atoms with Crippen LogP contribution in [-0.2, 0) is 10.1 Å². The highest BCUT2D eigenvalue weighted by Gasteiger charge is 2.99. The SMILES string of the molecule is O=S(=O)(O)c1cc(OC(F)(F)C(F)(F)C(F)(F)C(F)(F)C(F)(F)C(F)(F)C(F)(F)C(F)(F)C(F)(F)F)ccc1OC(F)(F)C(F)(F)C(F)(F)C(F)(F)C(F)(F)C(F)(F)C(F)(F)C(F)(F)C(F)(F)F. The van der Waals surface area contributed by atoms with Gasteiger partial charge < -0.3 is 9.47 Å². The molecule has 402 valence electrons. The zero-order valence-electron chi connectivity index (χ0n) is 29.1. The first-order valence-electron chi connectivity index (χ1n) is 14.5. The second kappa shape index (κ2) is 15.8. The van der Waals surface area contributed by atoms with Crippen LogP contribution in [0.5, 0.6) is 11.5 Å². The lowest BCUT2D eigenvalue weighted by Gasteiger charge is -2.43. The van der Waals surface area contributed by atoms with Crippen LogP contribution < -0.4 is 9.47 Å². The topological polar surface area (TPSA) is 72.8 Å². The molecular weight excluding hydrogens is 1120 g/mol. The molecule has 1 rings (SSSR count). The first kappa shape index (κ1) is 62.1. The lowest BCUT2D eigenvalue weighted by molar-refractivity contribution is -0.476. The van der Waals surface area contributed by atoms with E-state index < -0.39 is 152 Å². The van der Waals surface area contributed by atoms with Crippen molar-refractivity contribution in [2.45, 2.75) is 112 Å². The second-order valence-corrected chi connectivity index (χ2v) is 13.7. The molecule has 0 saturated heterocycles. The largest absolute Gasteiger partial charge is 0.471 e. The van der Waals surface area contributed by atoms with Crippen molar-refractivity contribution >= 4 is 10.1 Å². The van der Waals surface area contributed by atoms with Gasteiger partial charge in [0.25, 0.3) is 10.1 Å². The summed E-state index contributed by atoms with van der Waals surface area (Å²) < 4.78 is 551. The van der Waals surface area contributed by atoms with Crippen molar-refractivity contribution in [1.82, 2.24) is 0 Å². The van der Waals surface area contributed by atoms with Crippen LogP contribution in [0.2, 0.25) is 0 Å². The zero-order chi connectivity index (χ0) is 55.8. The lowest BCUT2D eigenvalue weighted by Crippen LogP contribution is -2.76. The molecule has 0 bridgehead atoms. The molecule has 0 fully saturated rings. The first-order valence-corrected chi connectivity index (χ1v) is 15.9. The molecule has 68 heavy (non-hydrogen) atoms. The smallest absolute Gasteiger partial charge is 0.428 e. The van der Waals surface area contributed by atoms with Crippen molar-refractivity contribution in [3.05, 3.63) is 18.2 Å². The quantitative estimate of drug-likeness (QED) is 0.110. The Kier molecular flexibility index (Phi) is 14.4. The van der Waals surface area contributed by atoms with E-state index in [4.69, 9.17) is 4.55 Å². The third-order valence-electron chi connectivity index (χ3n) is 7.85. The predicted molar refractivity (Wildman–Crippen MR) is 129 cm³/mol. The van der Waals surface area contributed by atoms with Crippen LogP contribution in [0.4, 0.5) is 167 Å². The molecule has 0 unspecified atom stereocenters. The Labute approximate surface area is 342 Å². The molecule has 0 saturated carbocycles. The van der Waals surface area contributed by atoms with Crippen LogP contribution in [0.15, 0.2) is 23.1 Å². The van der Waals surface area contributed by atoms with Gasteiger partial charge in [-0.1, -0.05) is 0 Å². The summed E-state index contributed by atoms with van der Waals surface area (Å²) >= 11 is 0. The number of hydrogen-bond acceptors (Lipinski definition) is 4. The van der Waals surface area contributed by atoms with E-state index in [1.54, 1.807) is 0 Å². The lowest BCUT2D eigenvalue weighted by atomic mass is 9.88. The molecule has 1 aromatic carbocycles. The summed E-state index contributed by atoms with van der Waals surface area (Å²) in [6.45, 7) is 0. The molecule has 0 amide bonds. The molecular formula is C24H4F38O5S. The Balaban J connectivity index is 3.96. The van der Waals surface area contributed by atoms with Crippen molar-refractivity contribution in [2.24, 2.45) is 0 Å². The zero-order valence-corrected chi connectivity index (χ0v) is 29.9. The summed E-state index contributed by atoms with van der Waals surface area (Å²) in [6.07, 6.45) is -33.1. The van der Waals surface area contributed by atoms with E-state index >= 15 is 0 Å². The van der Waals surface area contributed by atoms with E-state index in [0.717, 1.165) is 0 Å². The minimum atomic E-state index is -9.59. The minimum Gasteiger partial charge on any atom is -0.428 e. The number of ether oxygens (including phenoxy) is 2. The first-order chi connectivity index (χ1) is 28.8. The molecule has 0 aromatic heterocycles. The fourth-order valence-electron chi connectivity index (χ4n) is 3.95. The van der Waals surface area contributed by atoms with Gasteiger partial charge in [-0.15, -0.1) is 0 Å². The summed E-state index contributed by atoms with van der Waals surface area (Å²) in [5.41, 5.74) is 0. The van der Waals surface area contributed by atoms with Crippen LogP contribution in [0.1, 0.15) is 0 Å². The second-order valence-electron chi connectivity index (χ2n) is 12.4. The number of halogens is 38. The molecule has 5 nitrogen and oxygen atoms in total. The third kappa shape index (κ3) is 8.10. The summed E-state index contributed by atoms with van der Waals surface area (Å²) in [5.74, 6) is -137. The van der Waals surface area contributed by atoms with E-state index in [0.29, 0.717) is 0 Å². The molecule has 0 aliphatic carbocycles. The molecule has 0 aliphatic heterocycles. The van der Waals surface area contributed by atoms with Gasteiger partial charge in [-0.3, -0.25) is 4.55 Å². The van der Waals surface area contributed by atoms with E-state index in [1.165, 1.54) is 0 Å². The highest BCUT2D eigenvalue weighted by atomic mass is 32.2. The third-order valence-corrected chi connectivity index (χ3v) is 8.73. The number of hydrogen-bond donors (Lipinski definition) is 1. The maximum absolute atomic E-state index is 14.3. The van der Waals surface area contributed by atoms with E-state index in [1.807, 2.05) is 0 Å². The van der Waals surface area contributed by atoms with Crippen LogP contribution in [0.25, 0.3) is 0 Å². The minimum absolute atomic E-state index is 1.38. The van der Waals surface area contributed by atoms with Crippen molar-refractivity contribution in [1.29, 1.82) is 0 Å². The van der Waals surface area contributed by atoms with Crippen LogP contribution in [0, 0.1) is 0 Å². The van der Waals surface area contributed by atoms with Gasteiger partial charge in [-0.05, 0) is 12.1 Å². The van der Waals surface area contributed by atoms with Gasteiger partial charge in [0.05, 0.1) is 0 Å².